The summed E-state index contributed by atoms with van der Waals surface area (Å²) in [6.07, 6.45) is 1.84. The summed E-state index contributed by atoms with van der Waals surface area (Å²) in [5.41, 5.74) is 0. The first-order chi connectivity index (χ1) is 8.66. The molecule has 1 amide bonds. The number of carbonyl (C=O) groups excluding carboxylic acids is 1. The van der Waals surface area contributed by atoms with E-state index >= 15 is 0 Å². The first-order valence-electron chi connectivity index (χ1n) is 7.14. The van der Waals surface area contributed by atoms with Gasteiger partial charge in [-0.15, -0.1) is 0 Å². The van der Waals surface area contributed by atoms with Crippen molar-refractivity contribution in [2.75, 3.05) is 46.3 Å². The Balaban J connectivity index is 0.000000771. The van der Waals surface area contributed by atoms with Gasteiger partial charge in [0.15, 0.2) is 0 Å². The molecule has 0 aromatic carbocycles. The lowest BCUT2D eigenvalue weighted by Crippen LogP contribution is -2.51. The van der Waals surface area contributed by atoms with Gasteiger partial charge in [-0.2, -0.15) is 0 Å². The number of nitrogens with zero attached hydrogens (tertiary/aromatic N) is 3. The Morgan fingerprint density at radius 2 is 1.50 bits per heavy atom. The second kappa shape index (κ2) is 7.71. The van der Waals surface area contributed by atoms with Crippen LogP contribution in [-0.4, -0.2) is 67.0 Å². The largest absolute Gasteiger partial charge is 0.340 e. The van der Waals surface area contributed by atoms with Crippen LogP contribution in [0.15, 0.2) is 0 Å². The van der Waals surface area contributed by atoms with Crippen LogP contribution in [0, 0.1) is 5.92 Å². The molecule has 2 heterocycles. The van der Waals surface area contributed by atoms with Crippen LogP contribution in [0.3, 0.4) is 0 Å². The van der Waals surface area contributed by atoms with Gasteiger partial charge >= 0.3 is 0 Å². The summed E-state index contributed by atoms with van der Waals surface area (Å²) in [4.78, 5) is 16.5. The summed E-state index contributed by atoms with van der Waals surface area (Å²) in [7, 11) is 2.11. The van der Waals surface area contributed by atoms with E-state index in [4.69, 9.17) is 5.84 Å². The predicted molar refractivity (Wildman–Crippen MR) is 73.9 cm³/mol. The number of piperidine rings is 1. The molecule has 0 unspecified atom stereocenters. The smallest absolute Gasteiger partial charge is 0.225 e. The molecule has 0 aliphatic carbocycles. The molecule has 2 fully saturated rings. The number of carbonyl (C=O) groups is 1. The highest BCUT2D eigenvalue weighted by Gasteiger charge is 2.28. The Bertz CT molecular complexity index is 219. The topological polar surface area (TPSA) is 52.8 Å². The zero-order valence-corrected chi connectivity index (χ0v) is 12.1. The van der Waals surface area contributed by atoms with E-state index in [-0.39, 0.29) is 5.92 Å². The molecule has 2 aliphatic rings. The molecular weight excluding hydrogens is 228 g/mol. The molecular formula is C13H28N4O. The van der Waals surface area contributed by atoms with E-state index < -0.39 is 0 Å². The van der Waals surface area contributed by atoms with Crippen LogP contribution < -0.4 is 5.84 Å². The van der Waals surface area contributed by atoms with Gasteiger partial charge in [0, 0.05) is 45.2 Å². The molecule has 2 N–H and O–H groups in total. The second-order valence-electron chi connectivity index (χ2n) is 4.94. The quantitative estimate of drug-likeness (QED) is 0.689. The Morgan fingerprint density at radius 3 is 2.00 bits per heavy atom. The molecule has 0 aromatic rings. The van der Waals surface area contributed by atoms with E-state index in [1.807, 2.05) is 23.8 Å². The summed E-state index contributed by atoms with van der Waals surface area (Å²) in [5.74, 6) is 6.26. The van der Waals surface area contributed by atoms with Crippen LogP contribution in [0.1, 0.15) is 26.7 Å². The summed E-state index contributed by atoms with van der Waals surface area (Å²) < 4.78 is 0. The van der Waals surface area contributed by atoms with Gasteiger partial charge in [0.2, 0.25) is 5.91 Å². The van der Waals surface area contributed by atoms with E-state index in [2.05, 4.69) is 11.9 Å². The second-order valence-corrected chi connectivity index (χ2v) is 4.94. The van der Waals surface area contributed by atoms with Crippen molar-refractivity contribution in [1.29, 1.82) is 0 Å². The molecule has 0 aromatic heterocycles. The molecule has 18 heavy (non-hydrogen) atoms. The van der Waals surface area contributed by atoms with E-state index in [0.717, 1.165) is 52.1 Å². The average molecular weight is 256 g/mol. The number of hydrazine groups is 1. The first-order valence-corrected chi connectivity index (χ1v) is 7.14. The van der Waals surface area contributed by atoms with Crippen molar-refractivity contribution in [3.8, 4) is 0 Å². The number of hydrogen-bond acceptors (Lipinski definition) is 4. The predicted octanol–water partition coefficient (Wildman–Crippen LogP) is 0.372. The molecule has 106 valence electrons. The number of nitrogens with two attached hydrogens (primary N) is 1. The van der Waals surface area contributed by atoms with E-state index in [1.54, 1.807) is 0 Å². The highest BCUT2D eigenvalue weighted by atomic mass is 16.2. The van der Waals surface area contributed by atoms with Gasteiger partial charge in [0.1, 0.15) is 0 Å². The SMILES string of the molecule is CC.CN1CCN(C(=O)C2CCN(N)CC2)CC1. The van der Waals surface area contributed by atoms with Crippen molar-refractivity contribution in [3.05, 3.63) is 0 Å². The molecule has 0 saturated carbocycles. The molecule has 0 radical (unpaired) electrons. The molecule has 5 heteroatoms. The molecule has 5 nitrogen and oxygen atoms in total. The maximum absolute atomic E-state index is 12.2. The van der Waals surface area contributed by atoms with E-state index in [9.17, 15) is 4.79 Å². The minimum absolute atomic E-state index is 0.211. The van der Waals surface area contributed by atoms with Crippen LogP contribution in [0.5, 0.6) is 0 Å². The fourth-order valence-corrected chi connectivity index (χ4v) is 2.43. The number of amides is 1. The van der Waals surface area contributed by atoms with Gasteiger partial charge in [0.05, 0.1) is 0 Å². The Labute approximate surface area is 111 Å². The number of piperazine rings is 1. The highest BCUT2D eigenvalue weighted by molar-refractivity contribution is 5.79. The van der Waals surface area contributed by atoms with Crippen molar-refractivity contribution in [2.45, 2.75) is 26.7 Å². The van der Waals surface area contributed by atoms with Gasteiger partial charge in [-0.1, -0.05) is 13.8 Å². The third-order valence-corrected chi connectivity index (χ3v) is 3.69. The Hall–Kier alpha value is -0.650. The fraction of sp³-hybridized carbons (Fsp3) is 0.923. The maximum atomic E-state index is 12.2. The van der Waals surface area contributed by atoms with Crippen molar-refractivity contribution in [3.63, 3.8) is 0 Å². The summed E-state index contributed by atoms with van der Waals surface area (Å²) in [5, 5.41) is 1.81. The van der Waals surface area contributed by atoms with Crippen LogP contribution in [0.4, 0.5) is 0 Å². The Morgan fingerprint density at radius 1 is 1.00 bits per heavy atom. The first kappa shape index (κ1) is 15.4. The highest BCUT2D eigenvalue weighted by Crippen LogP contribution is 2.18. The van der Waals surface area contributed by atoms with Crippen LogP contribution in [0.25, 0.3) is 0 Å². The lowest BCUT2D eigenvalue weighted by Gasteiger charge is -2.36. The normalized spacial score (nSPS) is 23.4. The van der Waals surface area contributed by atoms with Gasteiger partial charge in [0.25, 0.3) is 0 Å². The molecule has 0 atom stereocenters. The third-order valence-electron chi connectivity index (χ3n) is 3.69. The van der Waals surface area contributed by atoms with Gasteiger partial charge in [-0.05, 0) is 19.9 Å². The van der Waals surface area contributed by atoms with E-state index in [1.165, 1.54) is 0 Å². The van der Waals surface area contributed by atoms with Crippen LogP contribution in [0.2, 0.25) is 0 Å². The van der Waals surface area contributed by atoms with Gasteiger partial charge in [-0.3, -0.25) is 10.6 Å². The number of likely N-dealkylation sites (N-methyl/N-ethyl adjacent to an activating group) is 1. The molecule has 0 bridgehead atoms. The standard InChI is InChI=1S/C11H22N4O.C2H6/c1-13-6-8-14(9-7-13)11(16)10-2-4-15(12)5-3-10;1-2/h10H,2-9,12H2,1H3;1-2H3. The van der Waals surface area contributed by atoms with Gasteiger partial charge in [-0.25, -0.2) is 5.01 Å². The zero-order chi connectivity index (χ0) is 13.5. The zero-order valence-electron chi connectivity index (χ0n) is 12.1. The van der Waals surface area contributed by atoms with Crippen molar-refractivity contribution in [1.82, 2.24) is 14.8 Å². The molecule has 2 rings (SSSR count). The van der Waals surface area contributed by atoms with Crippen LogP contribution in [-0.2, 0) is 4.79 Å². The molecule has 2 aliphatic heterocycles. The monoisotopic (exact) mass is 256 g/mol. The van der Waals surface area contributed by atoms with Crippen molar-refractivity contribution in [2.24, 2.45) is 11.8 Å². The fourth-order valence-electron chi connectivity index (χ4n) is 2.43. The lowest BCUT2D eigenvalue weighted by atomic mass is 9.96. The van der Waals surface area contributed by atoms with Crippen molar-refractivity contribution >= 4 is 5.91 Å². The molecule has 0 spiro atoms. The minimum Gasteiger partial charge on any atom is -0.340 e. The van der Waals surface area contributed by atoms with E-state index in [0.29, 0.717) is 5.91 Å². The average Bonchev–Trinajstić information content (AvgIpc) is 2.42. The molecule has 2 saturated heterocycles. The summed E-state index contributed by atoms with van der Waals surface area (Å²) in [6, 6.07) is 0. The third kappa shape index (κ3) is 4.23. The summed E-state index contributed by atoms with van der Waals surface area (Å²) in [6.45, 7) is 9.48. The maximum Gasteiger partial charge on any atom is 0.225 e. The van der Waals surface area contributed by atoms with Crippen molar-refractivity contribution < 1.29 is 4.79 Å². The Kier molecular flexibility index (Phi) is 6.60. The van der Waals surface area contributed by atoms with Gasteiger partial charge < -0.3 is 9.80 Å². The lowest BCUT2D eigenvalue weighted by molar-refractivity contribution is -0.138. The number of rotatable bonds is 1. The van der Waals surface area contributed by atoms with Crippen LogP contribution >= 0.6 is 0 Å². The summed E-state index contributed by atoms with van der Waals surface area (Å²) >= 11 is 0. The minimum atomic E-state index is 0.211. The number of hydrogen-bond donors (Lipinski definition) is 1.